The number of nitrogens with one attached hydrogen (secondary N) is 2. The molecule has 4 fully saturated rings. The number of amides is 1. The first-order chi connectivity index (χ1) is 10.1. The van der Waals surface area contributed by atoms with Crippen LogP contribution in [0.3, 0.4) is 0 Å². The van der Waals surface area contributed by atoms with Gasteiger partial charge in [-0.1, -0.05) is 6.42 Å². The van der Waals surface area contributed by atoms with Crippen molar-refractivity contribution < 1.29 is 14.7 Å². The van der Waals surface area contributed by atoms with E-state index >= 15 is 0 Å². The summed E-state index contributed by atoms with van der Waals surface area (Å²) < 4.78 is 0. The zero-order chi connectivity index (χ0) is 14.6. The molecular weight excluding hydrogens is 268 g/mol. The molecule has 21 heavy (non-hydrogen) atoms. The minimum Gasteiger partial charge on any atom is -0.481 e. The van der Waals surface area contributed by atoms with Crippen LogP contribution >= 0.6 is 0 Å². The van der Waals surface area contributed by atoms with Gasteiger partial charge in [0.25, 0.3) is 0 Å². The quantitative estimate of drug-likeness (QED) is 0.725. The van der Waals surface area contributed by atoms with Crippen LogP contribution in [0.1, 0.15) is 38.5 Å². The summed E-state index contributed by atoms with van der Waals surface area (Å²) in [6, 6.07) is -0.234. The second-order valence-corrected chi connectivity index (χ2v) is 7.47. The Kier molecular flexibility index (Phi) is 3.21. The minimum atomic E-state index is -0.731. The maximum absolute atomic E-state index is 12.6. The van der Waals surface area contributed by atoms with Crippen molar-refractivity contribution in [1.82, 2.24) is 10.6 Å². The second-order valence-electron chi connectivity index (χ2n) is 7.47. The molecule has 5 nitrogen and oxygen atoms in total. The summed E-state index contributed by atoms with van der Waals surface area (Å²) in [4.78, 5) is 24.1. The van der Waals surface area contributed by atoms with Crippen molar-refractivity contribution in [1.29, 1.82) is 0 Å². The van der Waals surface area contributed by atoms with E-state index in [1.807, 2.05) is 0 Å². The number of hydrogen-bond acceptors (Lipinski definition) is 3. The van der Waals surface area contributed by atoms with E-state index in [0.717, 1.165) is 32.2 Å². The highest BCUT2D eigenvalue weighted by molar-refractivity contribution is 5.84. The van der Waals surface area contributed by atoms with E-state index in [4.69, 9.17) is 0 Å². The number of rotatable bonds is 3. The maximum atomic E-state index is 12.6. The van der Waals surface area contributed by atoms with Gasteiger partial charge in [0.15, 0.2) is 0 Å². The summed E-state index contributed by atoms with van der Waals surface area (Å²) in [5.74, 6) is 0.713. The third-order valence-electron chi connectivity index (χ3n) is 6.54. The number of aliphatic carboxylic acids is 1. The van der Waals surface area contributed by atoms with Crippen LogP contribution < -0.4 is 10.6 Å². The van der Waals surface area contributed by atoms with Crippen LogP contribution in [0.25, 0.3) is 0 Å². The van der Waals surface area contributed by atoms with Crippen molar-refractivity contribution in [3.05, 3.63) is 0 Å². The molecule has 5 heteroatoms. The largest absolute Gasteiger partial charge is 0.481 e. The van der Waals surface area contributed by atoms with Crippen molar-refractivity contribution in [3.8, 4) is 0 Å². The standard InChI is InChI=1S/C16H24N2O3/c19-15(14-11-3-1-2-10(11)7-17-14)18-13-9-5-4-8(6-9)12(13)16(20)21/h8-14,17H,1-7H2,(H,18,19)(H,20,21). The number of fused-ring (bicyclic) bond motifs is 3. The molecule has 7 unspecified atom stereocenters. The van der Waals surface area contributed by atoms with Crippen LogP contribution in [0.4, 0.5) is 0 Å². The zero-order valence-corrected chi connectivity index (χ0v) is 12.3. The lowest BCUT2D eigenvalue weighted by molar-refractivity contribution is -0.144. The molecule has 7 atom stereocenters. The molecule has 3 N–H and O–H groups in total. The fraction of sp³-hybridized carbons (Fsp3) is 0.875. The van der Waals surface area contributed by atoms with Gasteiger partial charge in [0.05, 0.1) is 12.0 Å². The van der Waals surface area contributed by atoms with Gasteiger partial charge in [-0.05, 0) is 62.3 Å². The first-order valence-corrected chi connectivity index (χ1v) is 8.41. The summed E-state index contributed by atoms with van der Waals surface area (Å²) in [6.07, 6.45) is 6.66. The third-order valence-corrected chi connectivity index (χ3v) is 6.54. The molecule has 1 amide bonds. The molecule has 0 aromatic carbocycles. The topological polar surface area (TPSA) is 78.4 Å². The van der Waals surface area contributed by atoms with Crippen LogP contribution in [-0.2, 0) is 9.59 Å². The smallest absolute Gasteiger partial charge is 0.308 e. The predicted octanol–water partition coefficient (Wildman–Crippen LogP) is 0.990. The normalized spacial score (nSPS) is 47.5. The van der Waals surface area contributed by atoms with Gasteiger partial charge in [-0.3, -0.25) is 9.59 Å². The SMILES string of the molecule is O=C(NC1C2CCC(C2)C1C(=O)O)C1NCC2CCCC21. The Morgan fingerprint density at radius 2 is 1.86 bits per heavy atom. The van der Waals surface area contributed by atoms with Gasteiger partial charge < -0.3 is 15.7 Å². The molecule has 1 aliphatic heterocycles. The first kappa shape index (κ1) is 13.6. The Morgan fingerprint density at radius 1 is 1.05 bits per heavy atom. The van der Waals surface area contributed by atoms with E-state index in [1.165, 1.54) is 12.8 Å². The Morgan fingerprint density at radius 3 is 2.67 bits per heavy atom. The van der Waals surface area contributed by atoms with Gasteiger partial charge >= 0.3 is 5.97 Å². The highest BCUT2D eigenvalue weighted by atomic mass is 16.4. The molecule has 116 valence electrons. The van der Waals surface area contributed by atoms with Gasteiger partial charge in [0, 0.05) is 6.04 Å². The van der Waals surface area contributed by atoms with Crippen LogP contribution in [0.15, 0.2) is 0 Å². The lowest BCUT2D eigenvalue weighted by atomic mass is 9.84. The fourth-order valence-corrected chi connectivity index (χ4v) is 5.58. The summed E-state index contributed by atoms with van der Waals surface area (Å²) in [5.41, 5.74) is 0. The molecule has 1 heterocycles. The summed E-state index contributed by atoms with van der Waals surface area (Å²) in [6.45, 7) is 0.946. The summed E-state index contributed by atoms with van der Waals surface area (Å²) in [7, 11) is 0. The number of carboxylic acids is 1. The number of carbonyl (C=O) groups excluding carboxylic acids is 1. The zero-order valence-electron chi connectivity index (χ0n) is 12.3. The van der Waals surface area contributed by atoms with E-state index in [9.17, 15) is 14.7 Å². The average Bonchev–Trinajstić information content (AvgIpc) is 3.18. The van der Waals surface area contributed by atoms with Crippen LogP contribution in [0, 0.1) is 29.6 Å². The van der Waals surface area contributed by atoms with Gasteiger partial charge in [0.1, 0.15) is 0 Å². The monoisotopic (exact) mass is 292 g/mol. The van der Waals surface area contributed by atoms with Crippen LogP contribution in [0.2, 0.25) is 0 Å². The predicted molar refractivity (Wildman–Crippen MR) is 76.5 cm³/mol. The first-order valence-electron chi connectivity index (χ1n) is 8.41. The lowest BCUT2D eigenvalue weighted by Crippen LogP contribution is -2.53. The summed E-state index contributed by atoms with van der Waals surface area (Å²) in [5, 5.41) is 15.9. The van der Waals surface area contributed by atoms with Crippen molar-refractivity contribution in [3.63, 3.8) is 0 Å². The Labute approximate surface area is 124 Å². The van der Waals surface area contributed by atoms with E-state index in [1.54, 1.807) is 0 Å². The van der Waals surface area contributed by atoms with Gasteiger partial charge in [-0.25, -0.2) is 0 Å². The number of carboxylic acid groups (broad SMARTS) is 1. The van der Waals surface area contributed by atoms with Crippen LogP contribution in [-0.4, -0.2) is 35.6 Å². The molecule has 4 aliphatic rings. The molecule has 0 aromatic heterocycles. The summed E-state index contributed by atoms with van der Waals surface area (Å²) >= 11 is 0. The Bertz CT molecular complexity index is 466. The maximum Gasteiger partial charge on any atom is 0.308 e. The minimum absolute atomic E-state index is 0.0493. The highest BCUT2D eigenvalue weighted by Crippen LogP contribution is 2.48. The second kappa shape index (κ2) is 4.97. The van der Waals surface area contributed by atoms with E-state index < -0.39 is 5.97 Å². The van der Waals surface area contributed by atoms with E-state index in [2.05, 4.69) is 10.6 Å². The molecule has 1 saturated heterocycles. The Balaban J connectivity index is 1.45. The number of carbonyl (C=O) groups is 2. The molecule has 2 bridgehead atoms. The van der Waals surface area contributed by atoms with Gasteiger partial charge in [-0.2, -0.15) is 0 Å². The average molecular weight is 292 g/mol. The van der Waals surface area contributed by atoms with Gasteiger partial charge in [0.2, 0.25) is 5.91 Å². The van der Waals surface area contributed by atoms with E-state index in [0.29, 0.717) is 17.8 Å². The molecule has 0 spiro atoms. The molecule has 3 saturated carbocycles. The molecular formula is C16H24N2O3. The molecule has 4 rings (SSSR count). The van der Waals surface area contributed by atoms with E-state index in [-0.39, 0.29) is 29.8 Å². The third kappa shape index (κ3) is 2.08. The lowest BCUT2D eigenvalue weighted by Gasteiger charge is -2.30. The number of hydrogen-bond donors (Lipinski definition) is 3. The highest BCUT2D eigenvalue weighted by Gasteiger charge is 2.52. The Hall–Kier alpha value is -1.10. The molecule has 0 radical (unpaired) electrons. The van der Waals surface area contributed by atoms with Crippen molar-refractivity contribution in [2.45, 2.75) is 50.6 Å². The van der Waals surface area contributed by atoms with Gasteiger partial charge in [-0.15, -0.1) is 0 Å². The van der Waals surface area contributed by atoms with Crippen molar-refractivity contribution in [2.24, 2.45) is 29.6 Å². The van der Waals surface area contributed by atoms with Crippen LogP contribution in [0.5, 0.6) is 0 Å². The molecule has 3 aliphatic carbocycles. The van der Waals surface area contributed by atoms with Crippen molar-refractivity contribution in [2.75, 3.05) is 6.54 Å². The van der Waals surface area contributed by atoms with Crippen molar-refractivity contribution >= 4 is 11.9 Å². The molecule has 0 aromatic rings. The fourth-order valence-electron chi connectivity index (χ4n) is 5.58.